The van der Waals surface area contributed by atoms with E-state index >= 15 is 0 Å². The third-order valence-corrected chi connectivity index (χ3v) is 7.95. The van der Waals surface area contributed by atoms with E-state index < -0.39 is 34.0 Å². The number of urea groups is 1. The van der Waals surface area contributed by atoms with E-state index in [0.29, 0.717) is 46.8 Å². The molecule has 6 N–H and O–H groups in total. The Balaban J connectivity index is 1.91. The second-order valence-corrected chi connectivity index (χ2v) is 11.1. The summed E-state index contributed by atoms with van der Waals surface area (Å²) < 4.78 is 42.9. The third-order valence-electron chi connectivity index (χ3n) is 6.90. The van der Waals surface area contributed by atoms with Crippen LogP contribution in [0.3, 0.4) is 0 Å². The molecule has 13 nitrogen and oxygen atoms in total. The lowest BCUT2D eigenvalue weighted by molar-refractivity contribution is -0.112. The fraction of sp³-hybridized carbons (Fsp3) is 0.407. The summed E-state index contributed by atoms with van der Waals surface area (Å²) in [7, 11) is -4.57. The molecule has 0 radical (unpaired) electrons. The predicted octanol–water partition coefficient (Wildman–Crippen LogP) is 1.19. The van der Waals surface area contributed by atoms with Crippen LogP contribution < -0.4 is 25.4 Å². The fourth-order valence-electron chi connectivity index (χ4n) is 4.69. The van der Waals surface area contributed by atoms with Gasteiger partial charge in [-0.05, 0) is 69.7 Å². The monoisotopic (exact) mass is 605 g/mol. The van der Waals surface area contributed by atoms with Gasteiger partial charge in [0.05, 0.1) is 22.9 Å². The largest absolute Gasteiger partial charge is 0.358 e. The highest BCUT2D eigenvalue weighted by molar-refractivity contribution is 7.88. The first kappa shape index (κ1) is 32.6. The van der Waals surface area contributed by atoms with Crippen LogP contribution >= 0.6 is 0 Å². The van der Waals surface area contributed by atoms with Gasteiger partial charge in [-0.3, -0.25) is 9.59 Å². The minimum absolute atomic E-state index is 0.00883. The molecule has 15 heteroatoms. The zero-order chi connectivity index (χ0) is 31.2. The minimum Gasteiger partial charge on any atom is -0.358 e. The van der Waals surface area contributed by atoms with Crippen molar-refractivity contribution in [2.24, 2.45) is 5.73 Å². The molecule has 3 rings (SSSR count). The maximum absolute atomic E-state index is 14.3. The lowest BCUT2D eigenvalue weighted by Gasteiger charge is -2.18. The van der Waals surface area contributed by atoms with Crippen LogP contribution in [-0.2, 0) is 19.8 Å². The molecule has 0 fully saturated rings. The highest BCUT2D eigenvalue weighted by Gasteiger charge is 2.39. The van der Waals surface area contributed by atoms with Crippen molar-refractivity contribution < 1.29 is 32.0 Å². The third kappa shape index (κ3) is 7.28. The maximum atomic E-state index is 14.3. The van der Waals surface area contributed by atoms with E-state index in [-0.39, 0.29) is 35.7 Å². The number of H-pyrrole nitrogens is 1. The summed E-state index contributed by atoms with van der Waals surface area (Å²) in [5.41, 5.74) is 7.11. The number of fused-ring (bicyclic) bond motifs is 1. The first-order valence-corrected chi connectivity index (χ1v) is 14.9. The maximum Gasteiger partial charge on any atom is 0.343 e. The Bertz CT molecular complexity index is 1500. The first-order valence-electron chi connectivity index (χ1n) is 13.4. The minimum atomic E-state index is -4.57. The Morgan fingerprint density at radius 3 is 2.52 bits per heavy atom. The van der Waals surface area contributed by atoms with Crippen LogP contribution in [0, 0.1) is 19.7 Å². The lowest BCUT2D eigenvalue weighted by atomic mass is 10.0. The van der Waals surface area contributed by atoms with Crippen molar-refractivity contribution in [1.29, 1.82) is 0 Å². The van der Waals surface area contributed by atoms with Gasteiger partial charge >= 0.3 is 16.2 Å². The van der Waals surface area contributed by atoms with Gasteiger partial charge in [0.1, 0.15) is 12.1 Å². The van der Waals surface area contributed by atoms with E-state index in [2.05, 4.69) is 15.2 Å². The number of benzene rings is 1. The molecule has 1 atom stereocenters. The molecule has 228 valence electrons. The number of aromatic amines is 1. The molecular weight excluding hydrogens is 569 g/mol. The van der Waals surface area contributed by atoms with Crippen molar-refractivity contribution >= 4 is 51.7 Å². The van der Waals surface area contributed by atoms with Crippen molar-refractivity contribution in [3.05, 3.63) is 52.1 Å². The average Bonchev–Trinajstić information content (AvgIpc) is 3.36. The molecule has 0 saturated carbocycles. The number of nitrogens with two attached hydrogens (primary N) is 1. The number of amides is 4. The lowest BCUT2D eigenvalue weighted by Crippen LogP contribution is -2.51. The van der Waals surface area contributed by atoms with Crippen LogP contribution in [0.25, 0.3) is 11.6 Å². The van der Waals surface area contributed by atoms with E-state index in [9.17, 15) is 32.0 Å². The topological polar surface area (TPSA) is 187 Å². The molecule has 0 spiro atoms. The number of carbonyl (C=O) groups is 4. The number of nitrogens with one attached hydrogen (secondary N) is 4. The fourth-order valence-corrected chi connectivity index (χ4v) is 5.64. The van der Waals surface area contributed by atoms with Crippen LogP contribution in [0.2, 0.25) is 0 Å². The molecule has 1 aromatic carbocycles. The van der Waals surface area contributed by atoms with Crippen LogP contribution in [0.1, 0.15) is 53.1 Å². The number of rotatable bonds is 13. The summed E-state index contributed by atoms with van der Waals surface area (Å²) in [6.45, 7) is 10.3. The zero-order valence-electron chi connectivity index (χ0n) is 23.9. The van der Waals surface area contributed by atoms with Gasteiger partial charge < -0.3 is 25.7 Å². The van der Waals surface area contributed by atoms with Crippen LogP contribution in [0.5, 0.6) is 0 Å². The van der Waals surface area contributed by atoms with Gasteiger partial charge in [0.2, 0.25) is 0 Å². The zero-order valence-corrected chi connectivity index (χ0v) is 24.7. The number of carbonyl (C=O) groups excluding carboxylic acids is 4. The van der Waals surface area contributed by atoms with E-state index in [1.165, 1.54) is 12.1 Å². The summed E-state index contributed by atoms with van der Waals surface area (Å²) in [5, 5.41) is 2.90. The van der Waals surface area contributed by atoms with E-state index in [0.717, 1.165) is 25.2 Å². The number of aromatic nitrogens is 1. The molecule has 2 heterocycles. The normalized spacial score (nSPS) is 14.8. The number of anilines is 1. The van der Waals surface area contributed by atoms with Crippen molar-refractivity contribution in [3.8, 4) is 0 Å². The Morgan fingerprint density at radius 1 is 1.21 bits per heavy atom. The van der Waals surface area contributed by atoms with Gasteiger partial charge in [-0.25, -0.2) is 18.8 Å². The standard InChI is InChI=1S/C27H36FN7O6S/c1-5-34(6-2)12-11-30-25(37)24-16(3)22(31-17(24)4)14-21-20-13-18(28)7-8-23(20)35(26(21)38)27(39)33-42(40,41)32-19(15-36)9-10-29/h7-8,13-15,19,31-32H,5-6,9-12,29H2,1-4H3,(H,30,37)(H,33,39)/b21-14-/t19-/m0/s1. The van der Waals surface area contributed by atoms with Gasteiger partial charge in [0.15, 0.2) is 0 Å². The Morgan fingerprint density at radius 2 is 1.90 bits per heavy atom. The molecule has 0 saturated heterocycles. The van der Waals surface area contributed by atoms with Crippen molar-refractivity contribution in [2.75, 3.05) is 37.6 Å². The van der Waals surface area contributed by atoms with Crippen molar-refractivity contribution in [1.82, 2.24) is 24.6 Å². The van der Waals surface area contributed by atoms with Crippen molar-refractivity contribution in [2.45, 2.75) is 40.2 Å². The van der Waals surface area contributed by atoms with Crippen molar-refractivity contribution in [3.63, 3.8) is 0 Å². The molecule has 0 bridgehead atoms. The number of aldehydes is 1. The smallest absolute Gasteiger partial charge is 0.343 e. The number of hydrogen-bond acceptors (Lipinski definition) is 8. The van der Waals surface area contributed by atoms with Crippen LogP contribution in [0.4, 0.5) is 14.9 Å². The summed E-state index contributed by atoms with van der Waals surface area (Å²) in [6.07, 6.45) is 1.71. The molecule has 4 amide bonds. The number of nitrogens with zero attached hydrogens (tertiary/aromatic N) is 2. The van der Waals surface area contributed by atoms with Crippen LogP contribution in [0.15, 0.2) is 18.2 Å². The van der Waals surface area contributed by atoms with Gasteiger partial charge in [-0.1, -0.05) is 13.8 Å². The SMILES string of the molecule is CCN(CC)CCNC(=O)c1c(C)[nH]c(/C=C2\C(=O)N(C(=O)NS(=O)(=O)N[C@H](C=O)CCN)c3ccc(F)cc32)c1C. The highest BCUT2D eigenvalue weighted by atomic mass is 32.2. The first-order chi connectivity index (χ1) is 19.9. The molecule has 1 aromatic heterocycles. The number of imide groups is 1. The molecule has 1 aliphatic rings. The van der Waals surface area contributed by atoms with E-state index in [1.54, 1.807) is 18.6 Å². The number of aryl methyl sites for hydroxylation is 1. The van der Waals surface area contributed by atoms with Crippen LogP contribution in [-0.4, -0.2) is 81.2 Å². The predicted molar refractivity (Wildman–Crippen MR) is 156 cm³/mol. The van der Waals surface area contributed by atoms with Gasteiger partial charge in [0, 0.05) is 30.0 Å². The summed E-state index contributed by atoms with van der Waals surface area (Å²) in [5.74, 6) is -1.91. The molecule has 1 aliphatic heterocycles. The average molecular weight is 606 g/mol. The quantitative estimate of drug-likeness (QED) is 0.166. The number of hydrogen-bond donors (Lipinski definition) is 5. The Labute approximate surface area is 243 Å². The second-order valence-electron chi connectivity index (χ2n) is 9.65. The highest BCUT2D eigenvalue weighted by Crippen LogP contribution is 2.39. The molecule has 2 aromatic rings. The van der Waals surface area contributed by atoms with E-state index in [4.69, 9.17) is 5.73 Å². The molecule has 0 unspecified atom stereocenters. The number of likely N-dealkylation sites (N-methyl/N-ethyl adjacent to an activating group) is 1. The molecule has 42 heavy (non-hydrogen) atoms. The Hall–Kier alpha value is -3.92. The molecule has 0 aliphatic carbocycles. The summed E-state index contributed by atoms with van der Waals surface area (Å²) in [6, 6.07) is 0.723. The second kappa shape index (κ2) is 13.8. The number of halogens is 1. The van der Waals surface area contributed by atoms with Gasteiger partial charge in [-0.15, -0.1) is 0 Å². The summed E-state index contributed by atoms with van der Waals surface area (Å²) >= 11 is 0. The molecular formula is C27H36FN7O6S. The Kier molecular flexibility index (Phi) is 10.7. The summed E-state index contributed by atoms with van der Waals surface area (Å²) in [4.78, 5) is 56.4. The van der Waals surface area contributed by atoms with E-state index in [1.807, 2.05) is 18.6 Å². The van der Waals surface area contributed by atoms with Gasteiger partial charge in [-0.2, -0.15) is 13.1 Å². The van der Waals surface area contributed by atoms with Gasteiger partial charge in [0.25, 0.3) is 11.8 Å².